The second-order valence-electron chi connectivity index (χ2n) is 8.44. The summed E-state index contributed by atoms with van der Waals surface area (Å²) in [6.07, 6.45) is 4.02. The topological polar surface area (TPSA) is 162 Å². The number of nitrogens with zero attached hydrogens (tertiary/aromatic N) is 1. The number of hydrogen-bond acceptors (Lipinski definition) is 9. The zero-order valence-electron chi connectivity index (χ0n) is 19.6. The molecule has 3 rings (SSSR count). The Hall–Kier alpha value is -3.06. The lowest BCUT2D eigenvalue weighted by Crippen LogP contribution is -2.67. The van der Waals surface area contributed by atoms with Crippen molar-refractivity contribution in [3.8, 4) is 0 Å². The lowest BCUT2D eigenvalue weighted by molar-refractivity contribution is -0.150. The van der Waals surface area contributed by atoms with Crippen LogP contribution in [-0.4, -0.2) is 67.0 Å². The van der Waals surface area contributed by atoms with Crippen LogP contribution in [0.15, 0.2) is 35.3 Å². The highest BCUT2D eigenvalue weighted by Crippen LogP contribution is 2.16. The van der Waals surface area contributed by atoms with Gasteiger partial charge >= 0.3 is 12.1 Å². The van der Waals surface area contributed by atoms with Crippen molar-refractivity contribution in [1.29, 1.82) is 0 Å². The van der Waals surface area contributed by atoms with E-state index in [-0.39, 0.29) is 19.3 Å². The Morgan fingerprint density at radius 1 is 1.17 bits per heavy atom. The molecule has 2 amide bonds. The second-order valence-corrected chi connectivity index (χ2v) is 8.44. The first-order chi connectivity index (χ1) is 17.0. The highest BCUT2D eigenvalue weighted by molar-refractivity contribution is 5.91. The van der Waals surface area contributed by atoms with E-state index in [9.17, 15) is 19.5 Å². The van der Waals surface area contributed by atoms with Crippen molar-refractivity contribution in [3.05, 3.63) is 35.9 Å². The number of hydrogen-bond donors (Lipinski definition) is 6. The zero-order valence-corrected chi connectivity index (χ0v) is 19.6. The monoisotopic (exact) mass is 490 g/mol. The Morgan fingerprint density at radius 3 is 2.69 bits per heavy atom. The largest absolute Gasteiger partial charge is 0.478 e. The Morgan fingerprint density at radius 2 is 2.00 bits per heavy atom. The maximum Gasteiger partial charge on any atom is 0.409 e. The lowest BCUT2D eigenvalue weighted by atomic mass is 10.00. The van der Waals surface area contributed by atoms with Crippen molar-refractivity contribution in [3.63, 3.8) is 0 Å². The summed E-state index contributed by atoms with van der Waals surface area (Å²) in [7, 11) is 0. The number of benzene rings is 1. The molecule has 2 aliphatic heterocycles. The first-order valence-corrected chi connectivity index (χ1v) is 11.9. The summed E-state index contributed by atoms with van der Waals surface area (Å²) in [5, 5.41) is 21.4. The molecule has 12 heteroatoms. The standard InChI is InChI=1S/C23H34N6O6/c30-19(18-10-15-35-29-18)27-23(20(31)32,28-22(33)34-16-17-8-3-1-4-9-17)11-5-2-6-12-24-21-25-13-7-14-26-21/h1,3-4,8-9,13,18,21,24,26,29H,2,5-7,10-12,14-16H2,(H,27,30)(H,28,33)(H,31,32). The molecule has 6 N–H and O–H groups in total. The van der Waals surface area contributed by atoms with Crippen molar-refractivity contribution in [2.45, 2.75) is 63.1 Å². The minimum atomic E-state index is -2.02. The van der Waals surface area contributed by atoms with E-state index in [0.717, 1.165) is 24.9 Å². The third-order valence-corrected chi connectivity index (χ3v) is 5.71. The molecule has 0 radical (unpaired) electrons. The van der Waals surface area contributed by atoms with E-state index in [1.165, 1.54) is 0 Å². The molecule has 0 aliphatic carbocycles. The maximum atomic E-state index is 12.7. The molecule has 0 saturated carbocycles. The summed E-state index contributed by atoms with van der Waals surface area (Å²) in [4.78, 5) is 46.9. The molecule has 1 aromatic carbocycles. The van der Waals surface area contributed by atoms with Crippen LogP contribution in [0.4, 0.5) is 4.79 Å². The Bertz CT molecular complexity index is 863. The van der Waals surface area contributed by atoms with Crippen LogP contribution in [0.5, 0.6) is 0 Å². The van der Waals surface area contributed by atoms with Crippen LogP contribution in [-0.2, 0) is 25.8 Å². The molecule has 3 unspecified atom stereocenters. The second kappa shape index (κ2) is 13.7. The highest BCUT2D eigenvalue weighted by atomic mass is 16.7. The quantitative estimate of drug-likeness (QED) is 0.172. The van der Waals surface area contributed by atoms with Crippen LogP contribution in [0.1, 0.15) is 44.1 Å². The number of carboxylic acid groups (broad SMARTS) is 1. The number of hydroxylamine groups is 1. The summed E-state index contributed by atoms with van der Waals surface area (Å²) in [6, 6.07) is 8.31. The molecule has 0 bridgehead atoms. The Balaban J connectivity index is 1.55. The maximum absolute atomic E-state index is 12.7. The van der Waals surface area contributed by atoms with Gasteiger partial charge in [-0.15, -0.1) is 0 Å². The molecule has 1 saturated heterocycles. The average molecular weight is 491 g/mol. The number of carbonyl (C=O) groups excluding carboxylic acids is 2. The summed E-state index contributed by atoms with van der Waals surface area (Å²) in [5.41, 5.74) is 1.30. The third-order valence-electron chi connectivity index (χ3n) is 5.71. The molecule has 12 nitrogen and oxygen atoms in total. The van der Waals surface area contributed by atoms with Gasteiger partial charge in [0.1, 0.15) is 12.6 Å². The van der Waals surface area contributed by atoms with E-state index in [4.69, 9.17) is 9.57 Å². The minimum Gasteiger partial charge on any atom is -0.478 e. The Kier molecular flexibility index (Phi) is 10.4. The summed E-state index contributed by atoms with van der Waals surface area (Å²) in [6.45, 7) is 1.86. The normalized spacial score (nSPS) is 21.1. The molecule has 1 aromatic rings. The molecular formula is C23H34N6O6. The van der Waals surface area contributed by atoms with Crippen LogP contribution < -0.4 is 26.7 Å². The predicted molar refractivity (Wildman–Crippen MR) is 127 cm³/mol. The first-order valence-electron chi connectivity index (χ1n) is 11.9. The molecule has 2 aliphatic rings. The number of ether oxygens (including phenoxy) is 1. The van der Waals surface area contributed by atoms with Gasteiger partial charge in [0.25, 0.3) is 0 Å². The van der Waals surface area contributed by atoms with Gasteiger partial charge in [-0.25, -0.2) is 9.59 Å². The number of nitrogens with one attached hydrogen (secondary N) is 5. The van der Waals surface area contributed by atoms with Gasteiger partial charge in [-0.1, -0.05) is 36.8 Å². The van der Waals surface area contributed by atoms with Gasteiger partial charge in [0.2, 0.25) is 11.6 Å². The van der Waals surface area contributed by atoms with E-state index in [0.29, 0.717) is 32.4 Å². The van der Waals surface area contributed by atoms with E-state index >= 15 is 0 Å². The van der Waals surface area contributed by atoms with Crippen LogP contribution in [0.2, 0.25) is 0 Å². The number of aliphatic carboxylic acids is 1. The van der Waals surface area contributed by atoms with Crippen LogP contribution in [0.25, 0.3) is 0 Å². The van der Waals surface area contributed by atoms with E-state index in [1.54, 1.807) is 24.3 Å². The van der Waals surface area contributed by atoms with Crippen molar-refractivity contribution < 1.29 is 29.1 Å². The van der Waals surface area contributed by atoms with E-state index in [1.807, 2.05) is 12.3 Å². The number of unbranched alkanes of at least 4 members (excludes halogenated alkanes) is 2. The van der Waals surface area contributed by atoms with Gasteiger partial charge in [0.05, 0.1) is 6.61 Å². The molecule has 35 heavy (non-hydrogen) atoms. The number of alkyl carbamates (subject to hydrolysis) is 1. The number of carboxylic acids is 1. The summed E-state index contributed by atoms with van der Waals surface area (Å²) >= 11 is 0. The van der Waals surface area contributed by atoms with Crippen LogP contribution >= 0.6 is 0 Å². The highest BCUT2D eigenvalue weighted by Gasteiger charge is 2.43. The van der Waals surface area contributed by atoms with Crippen LogP contribution in [0, 0.1) is 0 Å². The molecule has 192 valence electrons. The fourth-order valence-electron chi connectivity index (χ4n) is 3.75. The molecular weight excluding hydrogens is 456 g/mol. The molecule has 0 aromatic heterocycles. The van der Waals surface area contributed by atoms with Crippen molar-refractivity contribution >= 4 is 24.2 Å². The van der Waals surface area contributed by atoms with Crippen molar-refractivity contribution in [2.75, 3.05) is 19.7 Å². The van der Waals surface area contributed by atoms with Crippen molar-refractivity contribution in [1.82, 2.24) is 26.7 Å². The number of carbonyl (C=O) groups is 3. The van der Waals surface area contributed by atoms with Gasteiger partial charge in [-0.2, -0.15) is 5.48 Å². The Labute approximate surface area is 204 Å². The lowest BCUT2D eigenvalue weighted by Gasteiger charge is -2.32. The zero-order chi connectivity index (χ0) is 24.9. The number of aliphatic imine (C=N–C) groups is 1. The molecule has 3 atom stereocenters. The smallest absolute Gasteiger partial charge is 0.409 e. The molecule has 2 heterocycles. The molecule has 0 spiro atoms. The number of rotatable bonds is 13. The van der Waals surface area contributed by atoms with Gasteiger partial charge in [0.15, 0.2) is 6.29 Å². The van der Waals surface area contributed by atoms with Gasteiger partial charge < -0.3 is 20.0 Å². The average Bonchev–Trinajstić information content (AvgIpc) is 3.41. The first kappa shape index (κ1) is 26.5. The van der Waals surface area contributed by atoms with E-state index in [2.05, 4.69) is 31.7 Å². The molecule has 1 fully saturated rings. The van der Waals surface area contributed by atoms with E-state index < -0.39 is 29.7 Å². The van der Waals surface area contributed by atoms with Gasteiger partial charge in [0, 0.05) is 19.2 Å². The third kappa shape index (κ3) is 8.58. The van der Waals surface area contributed by atoms with Crippen molar-refractivity contribution in [2.24, 2.45) is 4.99 Å². The number of amides is 2. The SMILES string of the molecule is O=C(NC(CCCCCNC1N=CCCN1)(NC(=O)C1CCON1)C(=O)O)OCc1ccccc1. The summed E-state index contributed by atoms with van der Waals surface area (Å²) in [5.74, 6) is -1.95. The van der Waals surface area contributed by atoms with Crippen LogP contribution in [0.3, 0.4) is 0 Å². The van der Waals surface area contributed by atoms with Gasteiger partial charge in [-0.05, 0) is 37.8 Å². The fraction of sp³-hybridized carbons (Fsp3) is 0.565. The van der Waals surface area contributed by atoms with Gasteiger partial charge in [-0.3, -0.25) is 25.7 Å². The minimum absolute atomic E-state index is 0.0120. The predicted octanol–water partition coefficient (Wildman–Crippen LogP) is 0.601. The summed E-state index contributed by atoms with van der Waals surface area (Å²) < 4.78 is 5.22. The fourth-order valence-corrected chi connectivity index (χ4v) is 3.75.